The van der Waals surface area contributed by atoms with Gasteiger partial charge in [-0.15, -0.1) is 0 Å². The molecule has 0 atom stereocenters. The lowest BCUT2D eigenvalue weighted by atomic mass is 10.1. The lowest BCUT2D eigenvalue weighted by Gasteiger charge is -2.07. The van der Waals surface area contributed by atoms with E-state index >= 15 is 0 Å². The van der Waals surface area contributed by atoms with E-state index in [1.165, 1.54) is 24.3 Å². The van der Waals surface area contributed by atoms with Crippen LogP contribution in [0.3, 0.4) is 0 Å². The van der Waals surface area contributed by atoms with Crippen molar-refractivity contribution in [1.29, 1.82) is 0 Å². The van der Waals surface area contributed by atoms with E-state index in [1.807, 2.05) is 0 Å². The van der Waals surface area contributed by atoms with Crippen LogP contribution in [0, 0.1) is 0 Å². The van der Waals surface area contributed by atoms with E-state index in [0.29, 0.717) is 21.4 Å². The van der Waals surface area contributed by atoms with Gasteiger partial charge in [-0.25, -0.2) is 0 Å². The van der Waals surface area contributed by atoms with Crippen molar-refractivity contribution in [2.75, 3.05) is 0 Å². The van der Waals surface area contributed by atoms with Gasteiger partial charge in [-0.1, -0.05) is 24.3 Å². The molecule has 0 saturated carbocycles. The van der Waals surface area contributed by atoms with Gasteiger partial charge in [0.15, 0.2) is 0 Å². The standard InChI is InChI=1S/C18H9BrF6O/c19-14-9-15(10-1-5-12(6-2-10)17(20,21)22)26-16(14)11-3-7-13(8-4-11)18(23,24)25/h1-9H. The third-order valence-corrected chi connectivity index (χ3v) is 4.25. The molecule has 8 heteroatoms. The summed E-state index contributed by atoms with van der Waals surface area (Å²) in [6, 6.07) is 10.4. The highest BCUT2D eigenvalue weighted by molar-refractivity contribution is 9.10. The summed E-state index contributed by atoms with van der Waals surface area (Å²) >= 11 is 3.26. The van der Waals surface area contributed by atoms with Crippen molar-refractivity contribution in [3.05, 3.63) is 70.2 Å². The largest absolute Gasteiger partial charge is 0.455 e. The van der Waals surface area contributed by atoms with Crippen LogP contribution in [0.5, 0.6) is 0 Å². The molecular weight excluding hydrogens is 426 g/mol. The van der Waals surface area contributed by atoms with Gasteiger partial charge >= 0.3 is 12.4 Å². The smallest absolute Gasteiger partial charge is 0.416 e. The van der Waals surface area contributed by atoms with Gasteiger partial charge < -0.3 is 4.42 Å². The predicted octanol–water partition coefficient (Wildman–Crippen LogP) is 7.41. The fourth-order valence-electron chi connectivity index (χ4n) is 2.34. The summed E-state index contributed by atoms with van der Waals surface area (Å²) in [5, 5.41) is 0. The van der Waals surface area contributed by atoms with Crippen LogP contribution in [-0.2, 0) is 12.4 Å². The first-order chi connectivity index (χ1) is 12.1. The molecule has 0 N–H and O–H groups in total. The van der Waals surface area contributed by atoms with Gasteiger partial charge in [0.1, 0.15) is 11.5 Å². The average molecular weight is 435 g/mol. The fourth-order valence-corrected chi connectivity index (χ4v) is 2.86. The maximum atomic E-state index is 12.6. The third kappa shape index (κ3) is 3.80. The van der Waals surface area contributed by atoms with Gasteiger partial charge in [-0.2, -0.15) is 26.3 Å². The number of hydrogen-bond donors (Lipinski definition) is 0. The lowest BCUT2D eigenvalue weighted by Crippen LogP contribution is -2.03. The Morgan fingerprint density at radius 2 is 1.08 bits per heavy atom. The van der Waals surface area contributed by atoms with E-state index in [0.717, 1.165) is 24.3 Å². The molecule has 0 unspecified atom stereocenters. The summed E-state index contributed by atoms with van der Waals surface area (Å²) in [7, 11) is 0. The molecular formula is C18H9BrF6O. The third-order valence-electron chi connectivity index (χ3n) is 3.66. The zero-order chi connectivity index (χ0) is 19.1. The lowest BCUT2D eigenvalue weighted by molar-refractivity contribution is -0.138. The van der Waals surface area contributed by atoms with Crippen LogP contribution in [0.4, 0.5) is 26.3 Å². The first-order valence-electron chi connectivity index (χ1n) is 7.20. The van der Waals surface area contributed by atoms with Crippen LogP contribution in [0.25, 0.3) is 22.6 Å². The molecule has 1 heterocycles. The Hall–Kier alpha value is -2.22. The van der Waals surface area contributed by atoms with Gasteiger partial charge in [0.05, 0.1) is 15.6 Å². The van der Waals surface area contributed by atoms with Crippen LogP contribution in [-0.4, -0.2) is 0 Å². The number of furan rings is 1. The van der Waals surface area contributed by atoms with Crippen LogP contribution in [0.2, 0.25) is 0 Å². The number of alkyl halides is 6. The zero-order valence-corrected chi connectivity index (χ0v) is 14.3. The molecule has 26 heavy (non-hydrogen) atoms. The SMILES string of the molecule is FC(F)(F)c1ccc(-c2cc(Br)c(-c3ccc(C(F)(F)F)cc3)o2)cc1. The number of hydrogen-bond acceptors (Lipinski definition) is 1. The Balaban J connectivity index is 1.92. The van der Waals surface area contributed by atoms with E-state index in [4.69, 9.17) is 4.42 Å². The molecule has 1 nitrogen and oxygen atoms in total. The van der Waals surface area contributed by atoms with E-state index < -0.39 is 23.5 Å². The van der Waals surface area contributed by atoms with Crippen LogP contribution >= 0.6 is 15.9 Å². The second-order valence-electron chi connectivity index (χ2n) is 5.44. The summed E-state index contributed by atoms with van der Waals surface area (Å²) in [5.74, 6) is 0.578. The topological polar surface area (TPSA) is 13.1 Å². The van der Waals surface area contributed by atoms with E-state index in [-0.39, 0.29) is 5.76 Å². The van der Waals surface area contributed by atoms with Gasteiger partial charge in [-0.3, -0.25) is 0 Å². The first kappa shape index (κ1) is 18.6. The highest BCUT2D eigenvalue weighted by Gasteiger charge is 2.31. The van der Waals surface area contributed by atoms with Crippen molar-refractivity contribution in [3.8, 4) is 22.6 Å². The van der Waals surface area contributed by atoms with E-state index in [1.54, 1.807) is 6.07 Å². The summed E-state index contributed by atoms with van der Waals surface area (Å²) in [5.41, 5.74) is -0.748. The van der Waals surface area contributed by atoms with Crippen molar-refractivity contribution in [3.63, 3.8) is 0 Å². The van der Waals surface area contributed by atoms with Gasteiger partial charge in [0.25, 0.3) is 0 Å². The van der Waals surface area contributed by atoms with Crippen molar-refractivity contribution in [2.24, 2.45) is 0 Å². The van der Waals surface area contributed by atoms with Gasteiger partial charge in [0, 0.05) is 11.1 Å². The highest BCUT2D eigenvalue weighted by atomic mass is 79.9. The molecule has 0 aliphatic carbocycles. The van der Waals surface area contributed by atoms with Crippen LogP contribution < -0.4 is 0 Å². The number of rotatable bonds is 2. The monoisotopic (exact) mass is 434 g/mol. The Labute approximate surface area is 152 Å². The Morgan fingerprint density at radius 1 is 0.654 bits per heavy atom. The first-order valence-corrected chi connectivity index (χ1v) is 7.99. The molecule has 0 aliphatic heterocycles. The molecule has 0 fully saturated rings. The molecule has 2 aromatic carbocycles. The molecule has 3 aromatic rings. The molecule has 136 valence electrons. The van der Waals surface area contributed by atoms with Gasteiger partial charge in [0.2, 0.25) is 0 Å². The Bertz CT molecular complexity index is 905. The minimum atomic E-state index is -4.44. The second-order valence-corrected chi connectivity index (χ2v) is 6.29. The summed E-state index contributed by atoms with van der Waals surface area (Å²) < 4.78 is 81.8. The Morgan fingerprint density at radius 3 is 1.50 bits per heavy atom. The number of benzene rings is 2. The zero-order valence-electron chi connectivity index (χ0n) is 12.8. The minimum Gasteiger partial charge on any atom is -0.455 e. The van der Waals surface area contributed by atoms with Crippen molar-refractivity contribution < 1.29 is 30.8 Å². The molecule has 0 aliphatic rings. The molecule has 0 amide bonds. The number of halogens is 7. The molecule has 0 saturated heterocycles. The summed E-state index contributed by atoms with van der Waals surface area (Å²) in [4.78, 5) is 0. The molecule has 1 aromatic heterocycles. The van der Waals surface area contributed by atoms with Crippen molar-refractivity contribution in [2.45, 2.75) is 12.4 Å². The minimum absolute atomic E-state index is 0.286. The molecule has 0 spiro atoms. The molecule has 0 bridgehead atoms. The second kappa shape index (κ2) is 6.50. The van der Waals surface area contributed by atoms with Crippen LogP contribution in [0.15, 0.2) is 63.5 Å². The molecule has 3 rings (SSSR count). The maximum absolute atomic E-state index is 12.6. The van der Waals surface area contributed by atoms with Crippen LogP contribution in [0.1, 0.15) is 11.1 Å². The van der Waals surface area contributed by atoms with Crippen molar-refractivity contribution >= 4 is 15.9 Å². The summed E-state index contributed by atoms with van der Waals surface area (Å²) in [6.45, 7) is 0. The maximum Gasteiger partial charge on any atom is 0.416 e. The summed E-state index contributed by atoms with van der Waals surface area (Å²) in [6.07, 6.45) is -8.88. The normalized spacial score (nSPS) is 12.4. The van der Waals surface area contributed by atoms with Crippen molar-refractivity contribution in [1.82, 2.24) is 0 Å². The average Bonchev–Trinajstić information content (AvgIpc) is 2.95. The Kier molecular flexibility index (Phi) is 4.64. The highest BCUT2D eigenvalue weighted by Crippen LogP contribution is 2.38. The van der Waals surface area contributed by atoms with Gasteiger partial charge in [-0.05, 0) is 46.3 Å². The quantitative estimate of drug-likeness (QED) is 0.382. The molecule has 0 radical (unpaired) electrons. The predicted molar refractivity (Wildman–Crippen MR) is 87.3 cm³/mol. The fraction of sp³-hybridized carbons (Fsp3) is 0.111. The van der Waals surface area contributed by atoms with E-state index in [9.17, 15) is 26.3 Å². The van der Waals surface area contributed by atoms with E-state index in [2.05, 4.69) is 15.9 Å².